The molecule has 82 valence electrons. The number of unbranched alkanes of at least 4 members (excludes halogenated alkanes) is 1. The van der Waals surface area contributed by atoms with E-state index in [1.807, 2.05) is 6.92 Å². The van der Waals surface area contributed by atoms with Crippen molar-refractivity contribution in [2.24, 2.45) is 0 Å². The van der Waals surface area contributed by atoms with E-state index in [9.17, 15) is 9.90 Å². The fourth-order valence-electron chi connectivity index (χ4n) is 1.37. The predicted molar refractivity (Wildman–Crippen MR) is 57.9 cm³/mol. The third-order valence-electron chi connectivity index (χ3n) is 2.33. The van der Waals surface area contributed by atoms with Gasteiger partial charge in [0.25, 0.3) is 0 Å². The van der Waals surface area contributed by atoms with Crippen LogP contribution in [0.25, 0.3) is 0 Å². The van der Waals surface area contributed by atoms with Gasteiger partial charge in [-0.25, -0.2) is 0 Å². The van der Waals surface area contributed by atoms with E-state index in [1.54, 1.807) is 12.1 Å². The summed E-state index contributed by atoms with van der Waals surface area (Å²) in [4.78, 5) is 11.6. The number of ketones is 1. The van der Waals surface area contributed by atoms with Crippen LogP contribution in [0.5, 0.6) is 5.75 Å². The first-order valence-electron chi connectivity index (χ1n) is 5.15. The van der Waals surface area contributed by atoms with Gasteiger partial charge in [0.15, 0.2) is 5.78 Å². The van der Waals surface area contributed by atoms with Crippen molar-refractivity contribution >= 4 is 5.78 Å². The minimum atomic E-state index is -0.249. The smallest absolute Gasteiger partial charge is 0.162 e. The van der Waals surface area contributed by atoms with Crippen LogP contribution in [0.3, 0.4) is 0 Å². The number of Topliss-reactive ketones (excluding diaryl/α,β-unsaturated/α-hetero) is 1. The lowest BCUT2D eigenvalue weighted by Gasteiger charge is -2.04. The van der Waals surface area contributed by atoms with E-state index in [4.69, 9.17) is 5.11 Å². The number of carbonyl (C=O) groups is 1. The van der Waals surface area contributed by atoms with E-state index < -0.39 is 0 Å². The Labute approximate surface area is 89.4 Å². The lowest BCUT2D eigenvalue weighted by Crippen LogP contribution is -1.99. The molecule has 3 nitrogen and oxygen atoms in total. The van der Waals surface area contributed by atoms with E-state index in [1.165, 1.54) is 6.07 Å². The van der Waals surface area contributed by atoms with Crippen molar-refractivity contribution in [3.05, 3.63) is 29.3 Å². The summed E-state index contributed by atoms with van der Waals surface area (Å²) in [5.74, 6) is 0.0936. The fraction of sp³-hybridized carbons (Fsp3) is 0.417. The summed E-state index contributed by atoms with van der Waals surface area (Å²) in [5, 5.41) is 18.3. The van der Waals surface area contributed by atoms with Gasteiger partial charge in [-0.1, -0.05) is 13.3 Å². The van der Waals surface area contributed by atoms with E-state index >= 15 is 0 Å². The Kier molecular flexibility index (Phi) is 4.31. The van der Waals surface area contributed by atoms with Crippen molar-refractivity contribution in [3.63, 3.8) is 0 Å². The first kappa shape index (κ1) is 11.7. The number of hydrogen-bond donors (Lipinski definition) is 2. The van der Waals surface area contributed by atoms with Crippen LogP contribution in [-0.2, 0) is 6.61 Å². The lowest BCUT2D eigenvalue weighted by molar-refractivity contribution is 0.0979. The minimum absolute atomic E-state index is 0.0320. The largest absolute Gasteiger partial charge is 0.508 e. The first-order chi connectivity index (χ1) is 7.19. The van der Waals surface area contributed by atoms with Crippen LogP contribution in [0, 0.1) is 0 Å². The van der Waals surface area contributed by atoms with Crippen LogP contribution in [0.1, 0.15) is 42.1 Å². The molecule has 0 fully saturated rings. The highest BCUT2D eigenvalue weighted by atomic mass is 16.3. The summed E-state index contributed by atoms with van der Waals surface area (Å²) in [5.41, 5.74) is 0.961. The molecule has 0 heterocycles. The van der Waals surface area contributed by atoms with E-state index in [-0.39, 0.29) is 18.1 Å². The minimum Gasteiger partial charge on any atom is -0.508 e. The number of aliphatic hydroxyl groups excluding tert-OH is 1. The molecule has 0 bridgehead atoms. The quantitative estimate of drug-likeness (QED) is 0.730. The number of carbonyl (C=O) groups excluding carboxylic acids is 1. The summed E-state index contributed by atoms with van der Waals surface area (Å²) in [6.45, 7) is 1.78. The van der Waals surface area contributed by atoms with Gasteiger partial charge in [0, 0.05) is 17.5 Å². The molecule has 2 N–H and O–H groups in total. The van der Waals surface area contributed by atoms with Crippen molar-refractivity contribution in [1.29, 1.82) is 0 Å². The summed E-state index contributed by atoms with van der Waals surface area (Å²) in [6.07, 6.45) is 2.37. The van der Waals surface area contributed by atoms with Gasteiger partial charge in [-0.3, -0.25) is 4.79 Å². The number of aromatic hydroxyl groups is 1. The second-order valence-corrected chi connectivity index (χ2v) is 3.53. The summed E-state index contributed by atoms with van der Waals surface area (Å²) >= 11 is 0. The lowest BCUT2D eigenvalue weighted by atomic mass is 10.0. The molecule has 0 aromatic heterocycles. The molecule has 0 aliphatic heterocycles. The molecular formula is C12H16O3. The molecule has 15 heavy (non-hydrogen) atoms. The summed E-state index contributed by atoms with van der Waals surface area (Å²) in [6, 6.07) is 4.59. The van der Waals surface area contributed by atoms with E-state index in [2.05, 4.69) is 0 Å². The van der Waals surface area contributed by atoms with Crippen LogP contribution in [0.4, 0.5) is 0 Å². The van der Waals surface area contributed by atoms with Crippen LogP contribution >= 0.6 is 0 Å². The average molecular weight is 208 g/mol. The third kappa shape index (κ3) is 3.06. The van der Waals surface area contributed by atoms with Crippen LogP contribution < -0.4 is 0 Å². The molecule has 0 radical (unpaired) electrons. The molecule has 0 spiro atoms. The summed E-state index contributed by atoms with van der Waals surface area (Å²) < 4.78 is 0. The van der Waals surface area contributed by atoms with Gasteiger partial charge in [-0.2, -0.15) is 0 Å². The summed E-state index contributed by atoms with van der Waals surface area (Å²) in [7, 11) is 0. The van der Waals surface area contributed by atoms with Gasteiger partial charge in [-0.15, -0.1) is 0 Å². The molecule has 1 aromatic rings. The third-order valence-corrected chi connectivity index (χ3v) is 2.33. The Hall–Kier alpha value is -1.35. The number of aliphatic hydroxyl groups is 1. The molecule has 1 rings (SSSR count). The molecule has 3 heteroatoms. The Morgan fingerprint density at radius 2 is 2.13 bits per heavy atom. The zero-order chi connectivity index (χ0) is 11.3. The number of phenols is 1. The van der Waals surface area contributed by atoms with Crippen LogP contribution in [0.15, 0.2) is 18.2 Å². The van der Waals surface area contributed by atoms with Gasteiger partial charge in [-0.05, 0) is 24.6 Å². The highest BCUT2D eigenvalue weighted by molar-refractivity contribution is 5.96. The number of hydrogen-bond acceptors (Lipinski definition) is 3. The molecular weight excluding hydrogens is 192 g/mol. The standard InChI is InChI=1S/C12H16O3/c1-2-3-4-11(14)9-5-6-12(15)10(7-9)8-13/h5-7,13,15H,2-4,8H2,1H3. The maximum absolute atomic E-state index is 11.6. The van der Waals surface area contributed by atoms with E-state index in [0.717, 1.165) is 12.8 Å². The molecule has 0 saturated carbocycles. The Bertz CT molecular complexity index is 345. The van der Waals surface area contributed by atoms with Crippen LogP contribution in [-0.4, -0.2) is 16.0 Å². The van der Waals surface area contributed by atoms with Crippen molar-refractivity contribution in [1.82, 2.24) is 0 Å². The van der Waals surface area contributed by atoms with Crippen LogP contribution in [0.2, 0.25) is 0 Å². The molecule has 0 unspecified atom stereocenters. The molecule has 0 aliphatic rings. The maximum atomic E-state index is 11.6. The molecule has 0 atom stereocenters. The van der Waals surface area contributed by atoms with Gasteiger partial charge in [0.1, 0.15) is 5.75 Å². The Morgan fingerprint density at radius 3 is 2.73 bits per heavy atom. The highest BCUT2D eigenvalue weighted by Gasteiger charge is 2.08. The van der Waals surface area contributed by atoms with Gasteiger partial charge >= 0.3 is 0 Å². The zero-order valence-electron chi connectivity index (χ0n) is 8.86. The first-order valence-corrected chi connectivity index (χ1v) is 5.15. The van der Waals surface area contributed by atoms with Crippen molar-refractivity contribution in [2.45, 2.75) is 32.8 Å². The second kappa shape index (κ2) is 5.51. The van der Waals surface area contributed by atoms with Crippen molar-refractivity contribution in [2.75, 3.05) is 0 Å². The average Bonchev–Trinajstić information content (AvgIpc) is 2.26. The number of benzene rings is 1. The fourth-order valence-corrected chi connectivity index (χ4v) is 1.37. The monoisotopic (exact) mass is 208 g/mol. The van der Waals surface area contributed by atoms with E-state index in [0.29, 0.717) is 17.5 Å². The van der Waals surface area contributed by atoms with Gasteiger partial charge in [0.2, 0.25) is 0 Å². The van der Waals surface area contributed by atoms with Gasteiger partial charge < -0.3 is 10.2 Å². The normalized spacial score (nSPS) is 10.3. The molecule has 0 saturated heterocycles. The Balaban J connectivity index is 2.81. The molecule has 0 amide bonds. The molecule has 0 aliphatic carbocycles. The Morgan fingerprint density at radius 1 is 1.40 bits per heavy atom. The predicted octanol–water partition coefficient (Wildman–Crippen LogP) is 2.26. The number of rotatable bonds is 5. The van der Waals surface area contributed by atoms with Gasteiger partial charge in [0.05, 0.1) is 6.61 Å². The zero-order valence-corrected chi connectivity index (χ0v) is 8.86. The second-order valence-electron chi connectivity index (χ2n) is 3.53. The van der Waals surface area contributed by atoms with Crippen molar-refractivity contribution in [3.8, 4) is 5.75 Å². The molecule has 1 aromatic carbocycles. The topological polar surface area (TPSA) is 57.5 Å². The highest BCUT2D eigenvalue weighted by Crippen LogP contribution is 2.19. The maximum Gasteiger partial charge on any atom is 0.162 e. The van der Waals surface area contributed by atoms with Crippen molar-refractivity contribution < 1.29 is 15.0 Å². The SMILES string of the molecule is CCCCC(=O)c1ccc(O)c(CO)c1.